The first-order valence-electron chi connectivity index (χ1n) is 8.73. The summed E-state index contributed by atoms with van der Waals surface area (Å²) < 4.78 is 13.2. The van der Waals surface area contributed by atoms with E-state index in [1.807, 2.05) is 0 Å². The zero-order valence-electron chi connectivity index (χ0n) is 14.1. The van der Waals surface area contributed by atoms with Crippen LogP contribution in [-0.4, -0.2) is 11.7 Å². The third-order valence-corrected chi connectivity index (χ3v) is 4.93. The molecule has 0 bridgehead atoms. The zero-order chi connectivity index (χ0) is 17.4. The van der Waals surface area contributed by atoms with Gasteiger partial charge in [-0.15, -0.1) is 0 Å². The minimum Gasteiger partial charge on any atom is -0.318 e. The number of halogens is 1. The van der Waals surface area contributed by atoms with Gasteiger partial charge < -0.3 is 4.84 Å². The van der Waals surface area contributed by atoms with E-state index in [4.69, 9.17) is 4.84 Å². The number of benzene rings is 2. The molecule has 0 saturated heterocycles. The number of rotatable bonds is 5. The number of aryl methyl sites for hydroxylation is 1. The van der Waals surface area contributed by atoms with Crippen LogP contribution >= 0.6 is 0 Å². The summed E-state index contributed by atoms with van der Waals surface area (Å²) in [5.74, 6) is 0.0191. The lowest BCUT2D eigenvalue weighted by Crippen LogP contribution is -2.10. The van der Waals surface area contributed by atoms with E-state index < -0.39 is 0 Å². The average molecular weight is 337 g/mol. The van der Waals surface area contributed by atoms with E-state index in [9.17, 15) is 9.18 Å². The molecule has 0 amide bonds. The first-order chi connectivity index (χ1) is 12.1. The van der Waals surface area contributed by atoms with Crippen LogP contribution in [0.15, 0.2) is 53.7 Å². The number of carbonyl (C=O) groups excluding carboxylic acids is 1. The minimum absolute atomic E-state index is 0.00492. The van der Waals surface area contributed by atoms with Gasteiger partial charge in [-0.05, 0) is 55.4 Å². The molecule has 2 saturated carbocycles. The highest BCUT2D eigenvalue weighted by Gasteiger charge is 2.43. The summed E-state index contributed by atoms with van der Waals surface area (Å²) in [5.41, 5.74) is 4.04. The number of hydrogen-bond donors (Lipinski definition) is 0. The molecule has 25 heavy (non-hydrogen) atoms. The second kappa shape index (κ2) is 6.43. The fourth-order valence-electron chi connectivity index (χ4n) is 3.12. The summed E-state index contributed by atoms with van der Waals surface area (Å²) in [4.78, 5) is 17.0. The lowest BCUT2D eigenvalue weighted by atomic mass is 10.0. The van der Waals surface area contributed by atoms with Crippen molar-refractivity contribution in [1.82, 2.24) is 0 Å². The summed E-state index contributed by atoms with van der Waals surface area (Å²) in [5, 5.41) is 4.18. The Morgan fingerprint density at radius 2 is 1.76 bits per heavy atom. The van der Waals surface area contributed by atoms with Gasteiger partial charge in [0.1, 0.15) is 5.82 Å². The van der Waals surface area contributed by atoms with E-state index in [1.165, 1.54) is 23.3 Å². The zero-order valence-corrected chi connectivity index (χ0v) is 14.1. The molecule has 2 atom stereocenters. The average Bonchev–Trinajstić information content (AvgIpc) is 3.51. The largest absolute Gasteiger partial charge is 0.338 e. The van der Waals surface area contributed by atoms with E-state index in [-0.39, 0.29) is 23.6 Å². The Balaban J connectivity index is 1.57. The predicted molar refractivity (Wildman–Crippen MR) is 93.8 cm³/mol. The molecule has 2 unspecified atom stereocenters. The standard InChI is InChI=1S/C21H20FNO2/c1-13-2-4-14(5-3-13)18-12-19(18)20(15-8-10-17(22)11-9-15)23-25-21(24)16-6-7-16/h2-5,8-11,16,18-19H,6-7,12H2,1H3. The Morgan fingerprint density at radius 3 is 2.40 bits per heavy atom. The highest BCUT2D eigenvalue weighted by atomic mass is 19.1. The van der Waals surface area contributed by atoms with Gasteiger partial charge in [-0.1, -0.05) is 47.1 Å². The normalized spacial score (nSPS) is 22.6. The Morgan fingerprint density at radius 1 is 1.08 bits per heavy atom. The fourth-order valence-corrected chi connectivity index (χ4v) is 3.12. The Kier molecular flexibility index (Phi) is 4.12. The molecule has 0 spiro atoms. The summed E-state index contributed by atoms with van der Waals surface area (Å²) in [6.07, 6.45) is 2.73. The van der Waals surface area contributed by atoms with Crippen LogP contribution in [-0.2, 0) is 9.63 Å². The van der Waals surface area contributed by atoms with Crippen molar-refractivity contribution in [1.29, 1.82) is 0 Å². The second-order valence-corrected chi connectivity index (χ2v) is 7.03. The van der Waals surface area contributed by atoms with Crippen LogP contribution in [0.2, 0.25) is 0 Å². The molecule has 2 aromatic rings. The maximum Gasteiger partial charge on any atom is 0.338 e. The van der Waals surface area contributed by atoms with Gasteiger partial charge in [-0.2, -0.15) is 0 Å². The van der Waals surface area contributed by atoms with Gasteiger partial charge in [0.15, 0.2) is 0 Å². The number of carbonyl (C=O) groups is 1. The van der Waals surface area contributed by atoms with Crippen LogP contribution in [0.3, 0.4) is 0 Å². The van der Waals surface area contributed by atoms with Crippen LogP contribution < -0.4 is 0 Å². The van der Waals surface area contributed by atoms with Crippen molar-refractivity contribution in [2.75, 3.05) is 0 Å². The first-order valence-corrected chi connectivity index (χ1v) is 8.73. The van der Waals surface area contributed by atoms with Gasteiger partial charge in [0, 0.05) is 5.92 Å². The second-order valence-electron chi connectivity index (χ2n) is 7.03. The van der Waals surface area contributed by atoms with Gasteiger partial charge >= 0.3 is 5.97 Å². The van der Waals surface area contributed by atoms with E-state index >= 15 is 0 Å². The van der Waals surface area contributed by atoms with Crippen LogP contribution in [0, 0.1) is 24.6 Å². The summed E-state index contributed by atoms with van der Waals surface area (Å²) in [6.45, 7) is 2.07. The van der Waals surface area contributed by atoms with E-state index in [0.29, 0.717) is 5.92 Å². The molecule has 0 radical (unpaired) electrons. The fraction of sp³-hybridized carbons (Fsp3) is 0.333. The maximum absolute atomic E-state index is 13.2. The third-order valence-electron chi connectivity index (χ3n) is 4.93. The van der Waals surface area contributed by atoms with Gasteiger partial charge in [-0.3, -0.25) is 0 Å². The van der Waals surface area contributed by atoms with Crippen molar-refractivity contribution in [3.8, 4) is 0 Å². The topological polar surface area (TPSA) is 38.7 Å². The molecular formula is C21H20FNO2. The van der Waals surface area contributed by atoms with E-state index in [2.05, 4.69) is 36.3 Å². The molecule has 4 heteroatoms. The first kappa shape index (κ1) is 16.0. The van der Waals surface area contributed by atoms with Gasteiger partial charge in [0.2, 0.25) is 0 Å². The van der Waals surface area contributed by atoms with Crippen molar-refractivity contribution < 1.29 is 14.0 Å². The van der Waals surface area contributed by atoms with Gasteiger partial charge in [0.25, 0.3) is 0 Å². The van der Waals surface area contributed by atoms with Crippen LogP contribution in [0.5, 0.6) is 0 Å². The molecule has 2 aliphatic carbocycles. The Bertz CT molecular complexity index is 807. The molecule has 2 fully saturated rings. The summed E-state index contributed by atoms with van der Waals surface area (Å²) in [6, 6.07) is 14.7. The van der Waals surface area contributed by atoms with Crippen molar-refractivity contribution in [3.05, 3.63) is 71.0 Å². The number of nitrogens with zero attached hydrogens (tertiary/aromatic N) is 1. The maximum atomic E-state index is 13.2. The van der Waals surface area contributed by atoms with Crippen LogP contribution in [0.1, 0.15) is 41.9 Å². The SMILES string of the molecule is Cc1ccc(C2CC2C(=NOC(=O)C2CC2)c2ccc(F)cc2)cc1. The summed E-state index contributed by atoms with van der Waals surface area (Å²) in [7, 11) is 0. The van der Waals surface area contributed by atoms with Crippen molar-refractivity contribution in [2.45, 2.75) is 32.1 Å². The quantitative estimate of drug-likeness (QED) is 0.454. The molecule has 2 aromatic carbocycles. The predicted octanol–water partition coefficient (Wildman–Crippen LogP) is 4.60. The molecule has 0 N–H and O–H groups in total. The Hall–Kier alpha value is -2.49. The lowest BCUT2D eigenvalue weighted by Gasteiger charge is -2.07. The molecule has 2 aliphatic rings. The number of oxime groups is 1. The third kappa shape index (κ3) is 3.63. The van der Waals surface area contributed by atoms with Crippen molar-refractivity contribution in [3.63, 3.8) is 0 Å². The van der Waals surface area contributed by atoms with Gasteiger partial charge in [0.05, 0.1) is 11.6 Å². The molecule has 3 nitrogen and oxygen atoms in total. The summed E-state index contributed by atoms with van der Waals surface area (Å²) >= 11 is 0. The van der Waals surface area contributed by atoms with Gasteiger partial charge in [-0.25, -0.2) is 9.18 Å². The lowest BCUT2D eigenvalue weighted by molar-refractivity contribution is -0.145. The van der Waals surface area contributed by atoms with Crippen LogP contribution in [0.25, 0.3) is 0 Å². The highest BCUT2D eigenvalue weighted by molar-refractivity contribution is 6.04. The van der Waals surface area contributed by atoms with E-state index in [1.54, 1.807) is 12.1 Å². The molecule has 0 heterocycles. The van der Waals surface area contributed by atoms with Crippen molar-refractivity contribution in [2.24, 2.45) is 17.0 Å². The van der Waals surface area contributed by atoms with Crippen molar-refractivity contribution >= 4 is 11.7 Å². The molecular weight excluding hydrogens is 317 g/mol. The van der Waals surface area contributed by atoms with E-state index in [0.717, 1.165) is 30.5 Å². The highest BCUT2D eigenvalue weighted by Crippen LogP contribution is 2.49. The van der Waals surface area contributed by atoms with Crippen LogP contribution in [0.4, 0.5) is 4.39 Å². The smallest absolute Gasteiger partial charge is 0.318 e. The molecule has 128 valence electrons. The monoisotopic (exact) mass is 337 g/mol. The minimum atomic E-state index is -0.288. The molecule has 4 rings (SSSR count). The molecule has 0 aliphatic heterocycles. The molecule has 0 aromatic heterocycles. The Labute approximate surface area is 146 Å². The number of hydrogen-bond acceptors (Lipinski definition) is 3.